The molecule has 0 fully saturated rings. The van der Waals surface area contributed by atoms with E-state index in [1.54, 1.807) is 24.3 Å². The van der Waals surface area contributed by atoms with E-state index >= 15 is 0 Å². The molecule has 1 rings (SSSR count). The number of benzene rings is 1. The quantitative estimate of drug-likeness (QED) is 0.782. The smallest absolute Gasteiger partial charge is 0.332 e. The molecule has 1 aromatic carbocycles. The van der Waals surface area contributed by atoms with Crippen LogP contribution in [0.25, 0.3) is 0 Å². The molecule has 0 spiro atoms. The maximum Gasteiger partial charge on any atom is 0.332 e. The molecule has 0 aromatic heterocycles. The molecule has 0 bridgehead atoms. The summed E-state index contributed by atoms with van der Waals surface area (Å²) in [4.78, 5) is 12.0. The molecule has 0 heterocycles. The van der Waals surface area contributed by atoms with Gasteiger partial charge in [0.1, 0.15) is 0 Å². The van der Waals surface area contributed by atoms with E-state index in [0.717, 1.165) is 0 Å². The molecule has 0 aliphatic heterocycles. The standard InChI is InChI=1S/C13H20NO4P/c1-4-12(10-19(16,17-2)18-3)14-13(15)11-8-6-5-7-9-11/h5-9,12H,4,10H2,1-3H3,(H,14,15). The normalized spacial score (nSPS) is 13.0. The Labute approximate surface area is 113 Å². The molecule has 1 aromatic rings. The third kappa shape index (κ3) is 4.78. The van der Waals surface area contributed by atoms with Crippen molar-refractivity contribution in [1.29, 1.82) is 0 Å². The maximum atomic E-state index is 12.0. The summed E-state index contributed by atoms with van der Waals surface area (Å²) in [5, 5.41) is 2.84. The summed E-state index contributed by atoms with van der Waals surface area (Å²) in [5.41, 5.74) is 0.575. The lowest BCUT2D eigenvalue weighted by atomic mass is 10.2. The topological polar surface area (TPSA) is 64.6 Å². The van der Waals surface area contributed by atoms with Crippen LogP contribution in [0.5, 0.6) is 0 Å². The molecular formula is C13H20NO4P. The first-order valence-corrected chi connectivity index (χ1v) is 7.84. The molecule has 1 amide bonds. The first kappa shape index (κ1) is 15.9. The minimum atomic E-state index is -3.12. The van der Waals surface area contributed by atoms with E-state index in [1.807, 2.05) is 13.0 Å². The van der Waals surface area contributed by atoms with Crippen LogP contribution in [-0.2, 0) is 13.6 Å². The predicted octanol–water partition coefficient (Wildman–Crippen LogP) is 2.68. The minimum absolute atomic E-state index is 0.162. The number of hydrogen-bond acceptors (Lipinski definition) is 4. The highest BCUT2D eigenvalue weighted by Crippen LogP contribution is 2.47. The van der Waals surface area contributed by atoms with Gasteiger partial charge in [0.05, 0.1) is 6.16 Å². The summed E-state index contributed by atoms with van der Waals surface area (Å²) in [6.07, 6.45) is 0.810. The number of nitrogens with one attached hydrogen (secondary N) is 1. The molecule has 0 aliphatic rings. The third-order valence-electron chi connectivity index (χ3n) is 2.86. The number of amides is 1. The summed E-state index contributed by atoms with van der Waals surface area (Å²) in [6.45, 7) is 1.91. The van der Waals surface area contributed by atoms with Crippen LogP contribution in [-0.4, -0.2) is 32.3 Å². The van der Waals surface area contributed by atoms with Gasteiger partial charge in [0.2, 0.25) is 0 Å². The van der Waals surface area contributed by atoms with E-state index in [2.05, 4.69) is 5.32 Å². The van der Waals surface area contributed by atoms with Crippen LogP contribution in [0.3, 0.4) is 0 Å². The van der Waals surface area contributed by atoms with Crippen LogP contribution in [0.1, 0.15) is 23.7 Å². The molecule has 0 aliphatic carbocycles. The molecule has 1 atom stereocenters. The van der Waals surface area contributed by atoms with Crippen molar-refractivity contribution in [3.8, 4) is 0 Å². The number of carbonyl (C=O) groups excluding carboxylic acids is 1. The minimum Gasteiger partial charge on any atom is -0.349 e. The van der Waals surface area contributed by atoms with Gasteiger partial charge in [0.15, 0.2) is 0 Å². The lowest BCUT2D eigenvalue weighted by Crippen LogP contribution is -2.37. The van der Waals surface area contributed by atoms with Crippen molar-refractivity contribution in [2.45, 2.75) is 19.4 Å². The van der Waals surface area contributed by atoms with Crippen LogP contribution in [0.2, 0.25) is 0 Å². The Morgan fingerprint density at radius 2 is 1.84 bits per heavy atom. The Bertz CT molecular complexity index is 441. The monoisotopic (exact) mass is 285 g/mol. The SMILES string of the molecule is CCC(CP(=O)(OC)OC)NC(=O)c1ccccc1. The van der Waals surface area contributed by atoms with E-state index in [4.69, 9.17) is 9.05 Å². The zero-order valence-corrected chi connectivity index (χ0v) is 12.4. The van der Waals surface area contributed by atoms with Gasteiger partial charge >= 0.3 is 7.60 Å². The van der Waals surface area contributed by atoms with Crippen molar-refractivity contribution < 1.29 is 18.4 Å². The van der Waals surface area contributed by atoms with Gasteiger partial charge in [-0.15, -0.1) is 0 Å². The van der Waals surface area contributed by atoms with Gasteiger partial charge in [0, 0.05) is 25.8 Å². The van der Waals surface area contributed by atoms with E-state index in [9.17, 15) is 9.36 Å². The second-order valence-electron chi connectivity index (χ2n) is 4.10. The van der Waals surface area contributed by atoms with Gasteiger partial charge < -0.3 is 14.4 Å². The van der Waals surface area contributed by atoms with Crippen molar-refractivity contribution >= 4 is 13.5 Å². The van der Waals surface area contributed by atoms with E-state index < -0.39 is 7.60 Å². The molecule has 106 valence electrons. The fourth-order valence-corrected chi connectivity index (χ4v) is 2.97. The van der Waals surface area contributed by atoms with Gasteiger partial charge in [-0.1, -0.05) is 25.1 Å². The van der Waals surface area contributed by atoms with Crippen LogP contribution in [0.15, 0.2) is 30.3 Å². The average molecular weight is 285 g/mol. The van der Waals surface area contributed by atoms with Crippen molar-refractivity contribution in [1.82, 2.24) is 5.32 Å². The maximum absolute atomic E-state index is 12.0. The van der Waals surface area contributed by atoms with Crippen molar-refractivity contribution in [3.63, 3.8) is 0 Å². The molecule has 19 heavy (non-hydrogen) atoms. The Hall–Kier alpha value is -1.16. The fraction of sp³-hybridized carbons (Fsp3) is 0.462. The molecule has 0 saturated heterocycles. The average Bonchev–Trinajstić information content (AvgIpc) is 2.47. The van der Waals surface area contributed by atoms with Crippen LogP contribution in [0, 0.1) is 0 Å². The van der Waals surface area contributed by atoms with Gasteiger partial charge in [-0.25, -0.2) is 0 Å². The van der Waals surface area contributed by atoms with Gasteiger partial charge in [-0.3, -0.25) is 9.36 Å². The Kier molecular flexibility index (Phi) is 6.22. The number of rotatable bonds is 7. The highest BCUT2D eigenvalue weighted by Gasteiger charge is 2.26. The number of hydrogen-bond donors (Lipinski definition) is 1. The molecule has 5 nitrogen and oxygen atoms in total. The summed E-state index contributed by atoms with van der Waals surface area (Å²) in [7, 11) is -0.430. The van der Waals surface area contributed by atoms with Crippen LogP contribution in [0.4, 0.5) is 0 Å². The largest absolute Gasteiger partial charge is 0.349 e. The van der Waals surface area contributed by atoms with Crippen LogP contribution >= 0.6 is 7.60 Å². The van der Waals surface area contributed by atoms with Gasteiger partial charge in [-0.2, -0.15) is 0 Å². The highest BCUT2D eigenvalue weighted by atomic mass is 31.2. The van der Waals surface area contributed by atoms with Crippen molar-refractivity contribution in [2.75, 3.05) is 20.4 Å². The van der Waals surface area contributed by atoms with Gasteiger partial charge in [0.25, 0.3) is 5.91 Å². The van der Waals surface area contributed by atoms with Crippen molar-refractivity contribution in [3.05, 3.63) is 35.9 Å². The molecular weight excluding hydrogens is 265 g/mol. The summed E-state index contributed by atoms with van der Waals surface area (Å²) >= 11 is 0. The molecule has 0 saturated carbocycles. The fourth-order valence-electron chi connectivity index (χ4n) is 1.63. The predicted molar refractivity (Wildman–Crippen MR) is 74.5 cm³/mol. The number of carbonyl (C=O) groups is 1. The Morgan fingerprint density at radius 3 is 2.32 bits per heavy atom. The third-order valence-corrected chi connectivity index (χ3v) is 4.86. The zero-order valence-electron chi connectivity index (χ0n) is 11.5. The summed E-state index contributed by atoms with van der Waals surface area (Å²) < 4.78 is 21.8. The summed E-state index contributed by atoms with van der Waals surface area (Å²) in [6, 6.07) is 8.65. The first-order valence-electron chi connectivity index (χ1n) is 6.11. The van der Waals surface area contributed by atoms with Crippen molar-refractivity contribution in [2.24, 2.45) is 0 Å². The summed E-state index contributed by atoms with van der Waals surface area (Å²) in [5.74, 6) is -0.189. The van der Waals surface area contributed by atoms with E-state index in [0.29, 0.717) is 12.0 Å². The van der Waals surface area contributed by atoms with E-state index in [-0.39, 0.29) is 18.1 Å². The second-order valence-corrected chi connectivity index (χ2v) is 6.42. The lowest BCUT2D eigenvalue weighted by Gasteiger charge is -2.21. The lowest BCUT2D eigenvalue weighted by molar-refractivity contribution is 0.0939. The first-order chi connectivity index (χ1) is 9.04. The highest BCUT2D eigenvalue weighted by molar-refractivity contribution is 7.53. The second kappa shape index (κ2) is 7.43. The molecule has 0 radical (unpaired) electrons. The molecule has 1 N–H and O–H groups in total. The Balaban J connectivity index is 2.68. The molecule has 6 heteroatoms. The van der Waals surface area contributed by atoms with E-state index in [1.165, 1.54) is 14.2 Å². The Morgan fingerprint density at radius 1 is 1.26 bits per heavy atom. The molecule has 1 unspecified atom stereocenters. The zero-order chi connectivity index (χ0) is 14.3. The van der Waals surface area contributed by atoms with Gasteiger partial charge in [-0.05, 0) is 18.6 Å². The van der Waals surface area contributed by atoms with Crippen LogP contribution < -0.4 is 5.32 Å².